The lowest BCUT2D eigenvalue weighted by Gasteiger charge is -2.18. The first-order valence-corrected chi connectivity index (χ1v) is 9.80. The molecule has 0 radical (unpaired) electrons. The predicted octanol–water partition coefficient (Wildman–Crippen LogP) is 4.98. The number of carbonyl (C=O) groups is 1. The van der Waals surface area contributed by atoms with E-state index in [2.05, 4.69) is 24.0 Å². The Morgan fingerprint density at radius 2 is 2.07 bits per heavy atom. The van der Waals surface area contributed by atoms with Crippen molar-refractivity contribution in [3.63, 3.8) is 0 Å². The highest BCUT2D eigenvalue weighted by Gasteiger charge is 2.15. The van der Waals surface area contributed by atoms with E-state index in [-0.39, 0.29) is 12.3 Å². The van der Waals surface area contributed by atoms with Crippen LogP contribution < -0.4 is 4.74 Å². The van der Waals surface area contributed by atoms with Crippen LogP contribution in [0.25, 0.3) is 10.6 Å². The number of hydrogen-bond donors (Lipinski definition) is 0. The molecule has 1 aromatic heterocycles. The summed E-state index contributed by atoms with van der Waals surface area (Å²) in [6.45, 7) is 2.48. The van der Waals surface area contributed by atoms with Gasteiger partial charge in [-0.3, -0.25) is 4.79 Å². The summed E-state index contributed by atoms with van der Waals surface area (Å²) in [5, 5.41) is 3.50. The van der Waals surface area contributed by atoms with E-state index in [4.69, 9.17) is 16.3 Å². The lowest BCUT2D eigenvalue weighted by atomic mass is 10.1. The Hall–Kier alpha value is -2.37. The molecule has 140 valence electrons. The maximum Gasteiger partial charge on any atom is 0.228 e. The molecule has 1 amide bonds. The molecular weight excluding hydrogens is 380 g/mol. The summed E-state index contributed by atoms with van der Waals surface area (Å²) in [6, 6.07) is 13.6. The van der Waals surface area contributed by atoms with Crippen LogP contribution in [0, 0.1) is 6.92 Å². The Bertz CT molecular complexity index is 955. The topological polar surface area (TPSA) is 42.4 Å². The first kappa shape index (κ1) is 19.4. The number of carbonyl (C=O) groups excluding carboxylic acids is 1. The Kier molecular flexibility index (Phi) is 6.14. The first-order chi connectivity index (χ1) is 13.0. The molecule has 0 saturated heterocycles. The number of aromatic nitrogens is 1. The molecule has 4 nitrogen and oxygen atoms in total. The molecule has 0 unspecified atom stereocenters. The minimum Gasteiger partial charge on any atom is -0.496 e. The van der Waals surface area contributed by atoms with E-state index in [0.717, 1.165) is 27.6 Å². The van der Waals surface area contributed by atoms with Gasteiger partial charge in [0.15, 0.2) is 0 Å². The molecule has 0 atom stereocenters. The summed E-state index contributed by atoms with van der Waals surface area (Å²) >= 11 is 7.63. The Morgan fingerprint density at radius 1 is 1.26 bits per heavy atom. The number of likely N-dealkylation sites (N-methyl/N-ethyl adjacent to an activating group) is 1. The second-order valence-electron chi connectivity index (χ2n) is 6.40. The summed E-state index contributed by atoms with van der Waals surface area (Å²) in [7, 11) is 3.38. The van der Waals surface area contributed by atoms with Crippen molar-refractivity contribution in [3.05, 3.63) is 69.7 Å². The van der Waals surface area contributed by atoms with Crippen LogP contribution in [0.1, 0.15) is 16.8 Å². The fourth-order valence-electron chi connectivity index (χ4n) is 2.80. The zero-order valence-electron chi connectivity index (χ0n) is 15.5. The number of nitrogens with zero attached hydrogens (tertiary/aromatic N) is 2. The van der Waals surface area contributed by atoms with Crippen LogP contribution in [0.5, 0.6) is 5.75 Å². The summed E-state index contributed by atoms with van der Waals surface area (Å²) in [5.74, 6) is 0.715. The second-order valence-corrected chi connectivity index (χ2v) is 7.69. The Balaban J connectivity index is 1.68. The molecule has 0 bridgehead atoms. The minimum absolute atomic E-state index is 0.00174. The SMILES string of the molecule is COc1ccc(Cl)cc1CN(C)C(=O)Cc1csc(-c2cccc(C)c2)n1. The minimum atomic E-state index is -0.00174. The molecule has 0 fully saturated rings. The molecule has 0 spiro atoms. The predicted molar refractivity (Wildman–Crippen MR) is 110 cm³/mol. The molecule has 0 N–H and O–H groups in total. The van der Waals surface area contributed by atoms with Gasteiger partial charge < -0.3 is 9.64 Å². The number of methoxy groups -OCH3 is 1. The van der Waals surface area contributed by atoms with Gasteiger partial charge in [-0.15, -0.1) is 11.3 Å². The number of aryl methyl sites for hydroxylation is 1. The van der Waals surface area contributed by atoms with E-state index in [1.165, 1.54) is 5.56 Å². The van der Waals surface area contributed by atoms with E-state index in [9.17, 15) is 4.79 Å². The number of amides is 1. The standard InChI is InChI=1S/C21H21ClN2O2S/c1-14-5-4-6-15(9-14)21-23-18(13-27-21)11-20(25)24(2)12-16-10-17(22)7-8-19(16)26-3/h4-10,13H,11-12H2,1-3H3. The molecule has 3 rings (SSSR count). The van der Waals surface area contributed by atoms with Crippen molar-refractivity contribution in [1.29, 1.82) is 0 Å². The van der Waals surface area contributed by atoms with Gasteiger partial charge in [-0.2, -0.15) is 0 Å². The van der Waals surface area contributed by atoms with Crippen molar-refractivity contribution < 1.29 is 9.53 Å². The van der Waals surface area contributed by atoms with Crippen molar-refractivity contribution >= 4 is 28.8 Å². The smallest absolute Gasteiger partial charge is 0.228 e. The van der Waals surface area contributed by atoms with Crippen molar-refractivity contribution in [2.45, 2.75) is 19.9 Å². The molecule has 27 heavy (non-hydrogen) atoms. The third-order valence-electron chi connectivity index (χ3n) is 4.22. The molecular formula is C21H21ClN2O2S. The van der Waals surface area contributed by atoms with Gasteiger partial charge >= 0.3 is 0 Å². The highest BCUT2D eigenvalue weighted by atomic mass is 35.5. The quantitative estimate of drug-likeness (QED) is 0.585. The van der Waals surface area contributed by atoms with Crippen molar-refractivity contribution in [1.82, 2.24) is 9.88 Å². The molecule has 3 aromatic rings. The van der Waals surface area contributed by atoms with Crippen LogP contribution in [0.3, 0.4) is 0 Å². The monoisotopic (exact) mass is 400 g/mol. The number of rotatable bonds is 6. The maximum absolute atomic E-state index is 12.6. The fourth-order valence-corrected chi connectivity index (χ4v) is 3.81. The Morgan fingerprint density at radius 3 is 2.81 bits per heavy atom. The highest BCUT2D eigenvalue weighted by Crippen LogP contribution is 2.26. The molecule has 0 saturated carbocycles. The van der Waals surface area contributed by atoms with Gasteiger partial charge in [-0.25, -0.2) is 4.98 Å². The third-order valence-corrected chi connectivity index (χ3v) is 5.40. The zero-order valence-corrected chi connectivity index (χ0v) is 17.1. The van der Waals surface area contributed by atoms with E-state index in [1.54, 1.807) is 36.5 Å². The number of benzene rings is 2. The van der Waals surface area contributed by atoms with Crippen LogP contribution in [0.4, 0.5) is 0 Å². The van der Waals surface area contributed by atoms with E-state index in [1.807, 2.05) is 29.6 Å². The highest BCUT2D eigenvalue weighted by molar-refractivity contribution is 7.13. The van der Waals surface area contributed by atoms with Crippen LogP contribution in [0.2, 0.25) is 5.02 Å². The largest absolute Gasteiger partial charge is 0.496 e. The lowest BCUT2D eigenvalue weighted by molar-refractivity contribution is -0.129. The molecule has 0 aliphatic carbocycles. The normalized spacial score (nSPS) is 10.7. The summed E-state index contributed by atoms with van der Waals surface area (Å²) in [4.78, 5) is 18.9. The fraction of sp³-hybridized carbons (Fsp3) is 0.238. The van der Waals surface area contributed by atoms with Gasteiger partial charge in [0, 0.05) is 35.1 Å². The van der Waals surface area contributed by atoms with Crippen molar-refractivity contribution in [2.24, 2.45) is 0 Å². The summed E-state index contributed by atoms with van der Waals surface area (Å²) in [6.07, 6.45) is 0.266. The van der Waals surface area contributed by atoms with Crippen LogP contribution in [-0.2, 0) is 17.8 Å². The van der Waals surface area contributed by atoms with Gasteiger partial charge in [0.05, 0.1) is 19.2 Å². The number of ether oxygens (including phenoxy) is 1. The van der Waals surface area contributed by atoms with E-state index in [0.29, 0.717) is 11.6 Å². The zero-order chi connectivity index (χ0) is 19.4. The van der Waals surface area contributed by atoms with Crippen LogP contribution >= 0.6 is 22.9 Å². The lowest BCUT2D eigenvalue weighted by Crippen LogP contribution is -2.28. The number of hydrogen-bond acceptors (Lipinski definition) is 4. The van der Waals surface area contributed by atoms with E-state index >= 15 is 0 Å². The first-order valence-electron chi connectivity index (χ1n) is 8.54. The molecule has 0 aliphatic heterocycles. The van der Waals surface area contributed by atoms with Crippen molar-refractivity contribution in [2.75, 3.05) is 14.2 Å². The molecule has 0 aliphatic rings. The van der Waals surface area contributed by atoms with E-state index < -0.39 is 0 Å². The molecule has 2 aromatic carbocycles. The average molecular weight is 401 g/mol. The second kappa shape index (κ2) is 8.55. The van der Waals surface area contributed by atoms with Crippen LogP contribution in [0.15, 0.2) is 47.8 Å². The van der Waals surface area contributed by atoms with Crippen molar-refractivity contribution in [3.8, 4) is 16.3 Å². The Labute approximate surface area is 168 Å². The maximum atomic E-state index is 12.6. The van der Waals surface area contributed by atoms with Gasteiger partial charge in [-0.1, -0.05) is 35.4 Å². The molecule has 1 heterocycles. The third kappa shape index (κ3) is 4.87. The summed E-state index contributed by atoms with van der Waals surface area (Å²) < 4.78 is 5.35. The van der Waals surface area contributed by atoms with Gasteiger partial charge in [0.25, 0.3) is 0 Å². The summed E-state index contributed by atoms with van der Waals surface area (Å²) in [5.41, 5.74) is 3.93. The molecule has 6 heteroatoms. The number of thiazole rings is 1. The van der Waals surface area contributed by atoms with Crippen LogP contribution in [-0.4, -0.2) is 29.9 Å². The van der Waals surface area contributed by atoms with Gasteiger partial charge in [0.2, 0.25) is 5.91 Å². The van der Waals surface area contributed by atoms with Gasteiger partial charge in [-0.05, 0) is 31.2 Å². The average Bonchev–Trinajstić information content (AvgIpc) is 3.10. The van der Waals surface area contributed by atoms with Gasteiger partial charge in [0.1, 0.15) is 10.8 Å². The number of halogens is 1.